The topological polar surface area (TPSA) is 122 Å². The smallest absolute Gasteiger partial charge is 0.270 e. The molecule has 0 aliphatic carbocycles. The number of thiazole rings is 2. The van der Waals surface area contributed by atoms with Gasteiger partial charge in [0.25, 0.3) is 5.69 Å². The number of fused-ring (bicyclic) bond motifs is 2. The third-order valence-electron chi connectivity index (χ3n) is 4.56. The molecule has 2 N–H and O–H groups in total. The first kappa shape index (κ1) is 23.3. The van der Waals surface area contributed by atoms with Crippen LogP contribution in [0.1, 0.15) is 13.8 Å². The van der Waals surface area contributed by atoms with E-state index < -0.39 is 4.92 Å². The summed E-state index contributed by atoms with van der Waals surface area (Å²) in [5.74, 6) is 0. The Balaban J connectivity index is 0.000000182. The van der Waals surface area contributed by atoms with Gasteiger partial charge in [0.1, 0.15) is 14.2 Å². The molecule has 0 amide bonds. The van der Waals surface area contributed by atoms with Crippen LogP contribution in [-0.4, -0.2) is 28.3 Å². The number of rotatable bonds is 5. The monoisotopic (exact) mass is 476 g/mol. The van der Waals surface area contributed by atoms with E-state index in [1.807, 2.05) is 29.7 Å². The number of anilines is 1. The molecule has 0 aliphatic heterocycles. The van der Waals surface area contributed by atoms with Crippen LogP contribution in [0.3, 0.4) is 0 Å². The first-order valence-electron chi connectivity index (χ1n) is 9.74. The molecule has 0 aliphatic rings. The Morgan fingerprint density at radius 3 is 1.91 bits per heavy atom. The van der Waals surface area contributed by atoms with E-state index in [-0.39, 0.29) is 5.69 Å². The summed E-state index contributed by atoms with van der Waals surface area (Å²) in [4.78, 5) is 21.4. The molecule has 0 saturated heterocycles. The van der Waals surface area contributed by atoms with Gasteiger partial charge in [-0.05, 0) is 38.1 Å². The maximum Gasteiger partial charge on any atom is 0.270 e. The highest BCUT2D eigenvalue weighted by Gasteiger charge is 2.11. The van der Waals surface area contributed by atoms with Gasteiger partial charge in [0, 0.05) is 30.9 Å². The van der Waals surface area contributed by atoms with Crippen LogP contribution in [0, 0.1) is 10.1 Å². The van der Waals surface area contributed by atoms with Crippen LogP contribution in [0.2, 0.25) is 0 Å². The number of aryl methyl sites for hydroxylation is 2. The normalized spacial score (nSPS) is 12.1. The summed E-state index contributed by atoms with van der Waals surface area (Å²) in [6.07, 6.45) is 0. The highest BCUT2D eigenvalue weighted by atomic mass is 32.1. The summed E-state index contributed by atoms with van der Waals surface area (Å²) >= 11 is 2.95. The lowest BCUT2D eigenvalue weighted by Crippen LogP contribution is -2.13. The molecule has 32 heavy (non-hydrogen) atoms. The van der Waals surface area contributed by atoms with Crippen molar-refractivity contribution in [3.8, 4) is 0 Å². The van der Waals surface area contributed by atoms with Crippen molar-refractivity contribution in [2.75, 3.05) is 20.0 Å². The van der Waals surface area contributed by atoms with Gasteiger partial charge in [-0.25, -0.2) is 0 Å². The van der Waals surface area contributed by atoms with Crippen molar-refractivity contribution in [1.29, 1.82) is 0 Å². The number of nitro benzene ring substituents is 1. The van der Waals surface area contributed by atoms with Gasteiger partial charge in [-0.3, -0.25) is 10.1 Å². The van der Waals surface area contributed by atoms with Crippen molar-refractivity contribution in [2.24, 2.45) is 10.3 Å². The minimum atomic E-state index is -0.400. The van der Waals surface area contributed by atoms with Crippen molar-refractivity contribution in [3.05, 3.63) is 56.1 Å². The second-order valence-electron chi connectivity index (χ2n) is 6.44. The molecular weight excluding hydrogens is 452 g/mol. The highest BCUT2D eigenvalue weighted by molar-refractivity contribution is 7.16. The molecule has 2 aromatic carbocycles. The van der Waals surface area contributed by atoms with E-state index in [0.717, 1.165) is 44.0 Å². The second kappa shape index (κ2) is 10.3. The molecule has 12 heteroatoms. The van der Waals surface area contributed by atoms with Gasteiger partial charge < -0.3 is 24.5 Å². The van der Waals surface area contributed by atoms with E-state index in [4.69, 9.17) is 15.4 Å². The number of nitro groups is 1. The lowest BCUT2D eigenvalue weighted by molar-refractivity contribution is -0.384. The summed E-state index contributed by atoms with van der Waals surface area (Å²) in [5.41, 5.74) is 8.67. The third kappa shape index (κ3) is 4.75. The fraction of sp³-hybridized carbons (Fsp3) is 0.300. The number of nitrogen functional groups attached to an aromatic ring is 1. The first-order chi connectivity index (χ1) is 15.4. The molecule has 0 radical (unpaired) electrons. The van der Waals surface area contributed by atoms with E-state index in [9.17, 15) is 10.1 Å². The van der Waals surface area contributed by atoms with Crippen molar-refractivity contribution < 1.29 is 14.6 Å². The van der Waals surface area contributed by atoms with Gasteiger partial charge >= 0.3 is 0 Å². The minimum absolute atomic E-state index is 0.0889. The number of nitrogens with zero attached hydrogens (tertiary/aromatic N) is 5. The molecule has 2 aromatic heterocycles. The summed E-state index contributed by atoms with van der Waals surface area (Å²) < 4.78 is 6.01. The van der Waals surface area contributed by atoms with Crippen LogP contribution in [0.15, 0.2) is 46.7 Å². The van der Waals surface area contributed by atoms with Crippen LogP contribution < -0.4 is 15.3 Å². The summed E-state index contributed by atoms with van der Waals surface area (Å²) in [6.45, 7) is 5.67. The van der Waals surface area contributed by atoms with Crippen LogP contribution in [0.25, 0.3) is 20.4 Å². The summed E-state index contributed by atoms with van der Waals surface area (Å²) in [7, 11) is 3.03. The molecule has 0 saturated carbocycles. The van der Waals surface area contributed by atoms with Gasteiger partial charge in [0.2, 0.25) is 9.60 Å². The number of hydrogen-bond acceptors (Lipinski definition) is 9. The number of non-ortho nitro benzene ring substituents is 1. The van der Waals surface area contributed by atoms with Gasteiger partial charge in [0.05, 0.1) is 25.4 Å². The highest BCUT2D eigenvalue weighted by Crippen LogP contribution is 2.23. The molecule has 0 fully saturated rings. The molecule has 0 atom stereocenters. The predicted molar refractivity (Wildman–Crippen MR) is 127 cm³/mol. The van der Waals surface area contributed by atoms with E-state index in [1.165, 1.54) is 24.5 Å². The van der Waals surface area contributed by atoms with Gasteiger partial charge in [-0.2, -0.15) is 0 Å². The van der Waals surface area contributed by atoms with Crippen molar-refractivity contribution >= 4 is 54.5 Å². The number of aromatic nitrogens is 2. The Morgan fingerprint density at radius 1 is 0.938 bits per heavy atom. The quantitative estimate of drug-likeness (QED) is 0.266. The zero-order valence-electron chi connectivity index (χ0n) is 18.1. The van der Waals surface area contributed by atoms with Crippen molar-refractivity contribution in [3.63, 3.8) is 0 Å². The average molecular weight is 477 g/mol. The molecule has 170 valence electrons. The van der Waals surface area contributed by atoms with Gasteiger partial charge in [0.15, 0.2) is 0 Å². The van der Waals surface area contributed by atoms with Gasteiger partial charge in [-0.15, -0.1) is 0 Å². The Kier molecular flexibility index (Phi) is 7.49. The maximum absolute atomic E-state index is 10.7. The second-order valence-corrected chi connectivity index (χ2v) is 8.46. The molecule has 0 spiro atoms. The number of hydrogen-bond donors (Lipinski definition) is 1. The SMILES string of the molecule is CCn1c(=NOC)sc2cc(N)ccc21.CCn1c(=NOC)sc2cc([N+](=O)[O-])ccc21. The van der Waals surface area contributed by atoms with Crippen molar-refractivity contribution in [2.45, 2.75) is 26.9 Å². The predicted octanol–water partition coefficient (Wildman–Crippen LogP) is 3.86. The number of benzene rings is 2. The molecule has 4 aromatic rings. The van der Waals surface area contributed by atoms with E-state index in [1.54, 1.807) is 30.6 Å². The van der Waals surface area contributed by atoms with E-state index in [2.05, 4.69) is 21.8 Å². The average Bonchev–Trinajstić information content (AvgIpc) is 3.30. The fourth-order valence-corrected chi connectivity index (χ4v) is 5.41. The largest absolute Gasteiger partial charge is 0.399 e. The lowest BCUT2D eigenvalue weighted by Gasteiger charge is -1.99. The molecule has 0 unspecified atom stereocenters. The Hall–Kier alpha value is -3.38. The van der Waals surface area contributed by atoms with Crippen molar-refractivity contribution in [1.82, 2.24) is 9.13 Å². The lowest BCUT2D eigenvalue weighted by atomic mass is 10.3. The van der Waals surface area contributed by atoms with Crippen LogP contribution in [0.4, 0.5) is 11.4 Å². The Bertz CT molecular complexity index is 1380. The minimum Gasteiger partial charge on any atom is -0.399 e. The molecular formula is C20H24N6O4S2. The van der Waals surface area contributed by atoms with Gasteiger partial charge in [-0.1, -0.05) is 33.0 Å². The van der Waals surface area contributed by atoms with E-state index >= 15 is 0 Å². The van der Waals surface area contributed by atoms with Crippen LogP contribution in [0.5, 0.6) is 0 Å². The zero-order chi connectivity index (χ0) is 23.3. The van der Waals surface area contributed by atoms with Crippen LogP contribution >= 0.6 is 22.7 Å². The maximum atomic E-state index is 10.7. The Labute approximate surface area is 191 Å². The first-order valence-corrected chi connectivity index (χ1v) is 11.4. The molecule has 2 heterocycles. The zero-order valence-corrected chi connectivity index (χ0v) is 19.8. The summed E-state index contributed by atoms with van der Waals surface area (Å²) in [5, 5.41) is 18.6. The molecule has 4 rings (SSSR count). The van der Waals surface area contributed by atoms with E-state index in [0.29, 0.717) is 4.80 Å². The Morgan fingerprint density at radius 2 is 1.44 bits per heavy atom. The molecule has 10 nitrogen and oxygen atoms in total. The fourth-order valence-electron chi connectivity index (χ4n) is 3.17. The molecule has 0 bridgehead atoms. The summed E-state index contributed by atoms with van der Waals surface area (Å²) in [6, 6.07) is 10.7. The van der Waals surface area contributed by atoms with Crippen LogP contribution in [-0.2, 0) is 22.8 Å². The number of nitrogens with two attached hydrogens (primary N) is 1. The third-order valence-corrected chi connectivity index (χ3v) is 6.60. The standard InChI is InChI=1S/C10H11N3O3S.C10H13N3OS/c1-3-12-8-5-4-7(13(14)15)6-9(8)17-10(12)11-16-2;1-3-13-8-5-4-7(11)6-9(8)15-10(13)12-14-2/h4-6H,3H2,1-2H3;4-6H,3,11H2,1-2H3.